The summed E-state index contributed by atoms with van der Waals surface area (Å²) in [5.74, 6) is -0.907. The molecule has 0 saturated carbocycles. The van der Waals surface area contributed by atoms with Gasteiger partial charge in [-0.1, -0.05) is 36.4 Å². The zero-order chi connectivity index (χ0) is 22.4. The van der Waals surface area contributed by atoms with Gasteiger partial charge in [-0.15, -0.1) is 0 Å². The van der Waals surface area contributed by atoms with E-state index in [0.717, 1.165) is 37.8 Å². The van der Waals surface area contributed by atoms with Crippen LogP contribution in [0.1, 0.15) is 23.6 Å². The van der Waals surface area contributed by atoms with E-state index >= 15 is 0 Å². The van der Waals surface area contributed by atoms with Crippen molar-refractivity contribution in [3.8, 4) is 0 Å². The predicted molar refractivity (Wildman–Crippen MR) is 111 cm³/mol. The van der Waals surface area contributed by atoms with E-state index in [4.69, 9.17) is 0 Å². The molecule has 0 aliphatic carbocycles. The smallest absolute Gasteiger partial charge is 0.390 e. The fourth-order valence-corrected chi connectivity index (χ4v) is 3.80. The van der Waals surface area contributed by atoms with E-state index in [-0.39, 0.29) is 13.2 Å². The molecule has 0 radical (unpaired) electrons. The molecule has 0 atom stereocenters. The van der Waals surface area contributed by atoms with E-state index in [0.29, 0.717) is 24.5 Å². The summed E-state index contributed by atoms with van der Waals surface area (Å²) in [4.78, 5) is 4.34. The van der Waals surface area contributed by atoms with Crippen molar-refractivity contribution in [2.45, 2.75) is 26.2 Å². The fourth-order valence-electron chi connectivity index (χ4n) is 3.80. The van der Waals surface area contributed by atoms with Crippen molar-refractivity contribution in [2.75, 3.05) is 32.8 Å². The maximum absolute atomic E-state index is 14.1. The van der Waals surface area contributed by atoms with Crippen molar-refractivity contribution in [3.63, 3.8) is 0 Å². The number of benzene rings is 2. The second kappa shape index (κ2) is 10.2. The number of piperazine rings is 1. The molecule has 1 heterocycles. The number of allylic oxidation sites excluding steroid dienone is 1. The topological polar surface area (TPSA) is 38.7 Å². The quantitative estimate of drug-likeness (QED) is 0.643. The SMILES string of the molecule is C/C(NCc1c(F)cccc1C(F)(F)F)=C(/CO)N1CCN(Cc2ccccc2)CC1. The zero-order valence-corrected chi connectivity index (χ0v) is 17.4. The second-order valence-corrected chi connectivity index (χ2v) is 7.60. The second-order valence-electron chi connectivity index (χ2n) is 7.60. The van der Waals surface area contributed by atoms with Gasteiger partial charge in [-0.25, -0.2) is 4.39 Å². The largest absolute Gasteiger partial charge is 0.416 e. The van der Waals surface area contributed by atoms with E-state index in [9.17, 15) is 22.7 Å². The monoisotopic (exact) mass is 437 g/mol. The molecule has 1 fully saturated rings. The van der Waals surface area contributed by atoms with E-state index in [2.05, 4.69) is 22.3 Å². The van der Waals surface area contributed by atoms with Gasteiger partial charge in [-0.3, -0.25) is 4.90 Å². The maximum atomic E-state index is 14.1. The summed E-state index contributed by atoms with van der Waals surface area (Å²) >= 11 is 0. The summed E-state index contributed by atoms with van der Waals surface area (Å²) in [5.41, 5.74) is 0.962. The molecule has 0 unspecified atom stereocenters. The first kappa shape index (κ1) is 23.1. The Morgan fingerprint density at radius 2 is 1.68 bits per heavy atom. The number of rotatable bonds is 7. The number of nitrogens with zero attached hydrogens (tertiary/aromatic N) is 2. The molecular weight excluding hydrogens is 410 g/mol. The Kier molecular flexibility index (Phi) is 7.56. The van der Waals surface area contributed by atoms with Gasteiger partial charge >= 0.3 is 6.18 Å². The molecular formula is C23H27F4N3O. The third-order valence-electron chi connectivity index (χ3n) is 5.54. The summed E-state index contributed by atoms with van der Waals surface area (Å²) in [5, 5.41) is 12.8. The molecule has 3 rings (SSSR count). The molecule has 31 heavy (non-hydrogen) atoms. The zero-order valence-electron chi connectivity index (χ0n) is 17.4. The Balaban J connectivity index is 1.64. The third-order valence-corrected chi connectivity index (χ3v) is 5.54. The van der Waals surface area contributed by atoms with Gasteiger partial charge in [0.25, 0.3) is 0 Å². The molecule has 1 aliphatic rings. The van der Waals surface area contributed by atoms with E-state index in [1.54, 1.807) is 6.92 Å². The Labute approximate surface area is 179 Å². The van der Waals surface area contributed by atoms with Crippen molar-refractivity contribution >= 4 is 0 Å². The first-order chi connectivity index (χ1) is 14.8. The van der Waals surface area contributed by atoms with Crippen LogP contribution >= 0.6 is 0 Å². The molecule has 4 nitrogen and oxygen atoms in total. The van der Waals surface area contributed by atoms with Crippen molar-refractivity contribution in [1.29, 1.82) is 0 Å². The number of aliphatic hydroxyl groups excluding tert-OH is 1. The number of hydrogen-bond donors (Lipinski definition) is 2. The van der Waals surface area contributed by atoms with E-state index in [1.165, 1.54) is 5.56 Å². The van der Waals surface area contributed by atoms with Gasteiger partial charge in [-0.2, -0.15) is 13.2 Å². The van der Waals surface area contributed by atoms with E-state index < -0.39 is 23.1 Å². The first-order valence-corrected chi connectivity index (χ1v) is 10.2. The summed E-state index contributed by atoms with van der Waals surface area (Å²) in [6, 6.07) is 13.1. The first-order valence-electron chi connectivity index (χ1n) is 10.2. The van der Waals surface area contributed by atoms with Gasteiger partial charge < -0.3 is 15.3 Å². The van der Waals surface area contributed by atoms with Crippen LogP contribution in [0.25, 0.3) is 0 Å². The minimum atomic E-state index is -4.63. The Hall–Kier alpha value is -2.58. The maximum Gasteiger partial charge on any atom is 0.416 e. The molecule has 0 spiro atoms. The number of halogens is 4. The van der Waals surface area contributed by atoms with Crippen LogP contribution in [-0.2, 0) is 19.3 Å². The van der Waals surface area contributed by atoms with Gasteiger partial charge in [0.1, 0.15) is 5.82 Å². The molecule has 2 aromatic carbocycles. The highest BCUT2D eigenvalue weighted by atomic mass is 19.4. The van der Waals surface area contributed by atoms with Crippen molar-refractivity contribution in [2.24, 2.45) is 0 Å². The molecule has 0 amide bonds. The standard InChI is InChI=1S/C23H27F4N3O/c1-17(28-14-19-20(23(25,26)27)8-5-9-21(19)24)22(16-31)30-12-10-29(11-13-30)15-18-6-3-2-4-7-18/h2-9,28,31H,10-16H2,1H3/b22-17+. The average molecular weight is 437 g/mol. The van der Waals surface area contributed by atoms with Crippen molar-refractivity contribution in [1.82, 2.24) is 15.1 Å². The molecule has 1 saturated heterocycles. The minimum absolute atomic E-state index is 0.249. The highest BCUT2D eigenvalue weighted by molar-refractivity contribution is 5.31. The summed E-state index contributed by atoms with van der Waals surface area (Å²) in [7, 11) is 0. The van der Waals surface area contributed by atoms with Crippen molar-refractivity contribution in [3.05, 3.63) is 82.4 Å². The van der Waals surface area contributed by atoms with Crippen LogP contribution in [0.5, 0.6) is 0 Å². The predicted octanol–water partition coefficient (Wildman–Crippen LogP) is 3.98. The molecule has 0 aromatic heterocycles. The summed E-state index contributed by atoms with van der Waals surface area (Å²) in [6.45, 7) is 4.96. The van der Waals surface area contributed by atoms with Gasteiger partial charge in [0.15, 0.2) is 0 Å². The van der Waals surface area contributed by atoms with Crippen LogP contribution in [0.3, 0.4) is 0 Å². The summed E-state index contributed by atoms with van der Waals surface area (Å²) in [6.07, 6.45) is -4.63. The number of aliphatic hydroxyl groups is 1. The van der Waals surface area contributed by atoms with Gasteiger partial charge in [0.2, 0.25) is 0 Å². The van der Waals surface area contributed by atoms with Crippen LogP contribution in [0, 0.1) is 5.82 Å². The Morgan fingerprint density at radius 1 is 1.00 bits per heavy atom. The molecule has 168 valence electrons. The van der Waals surface area contributed by atoms with Gasteiger partial charge in [0.05, 0.1) is 17.9 Å². The molecule has 2 N–H and O–H groups in total. The van der Waals surface area contributed by atoms with E-state index in [1.807, 2.05) is 23.1 Å². The van der Waals surface area contributed by atoms with Crippen LogP contribution < -0.4 is 5.32 Å². The highest BCUT2D eigenvalue weighted by Gasteiger charge is 2.34. The van der Waals surface area contributed by atoms with Crippen LogP contribution in [0.2, 0.25) is 0 Å². The lowest BCUT2D eigenvalue weighted by Crippen LogP contribution is -2.46. The third kappa shape index (κ3) is 5.98. The minimum Gasteiger partial charge on any atom is -0.390 e. The fraction of sp³-hybridized carbons (Fsp3) is 0.391. The summed E-state index contributed by atoms with van der Waals surface area (Å²) < 4.78 is 53.7. The number of nitrogens with one attached hydrogen (secondary N) is 1. The normalized spacial score (nSPS) is 16.3. The lowest BCUT2D eigenvalue weighted by molar-refractivity contribution is -0.138. The molecule has 1 aliphatic heterocycles. The van der Waals surface area contributed by atoms with Crippen molar-refractivity contribution < 1.29 is 22.7 Å². The molecule has 8 heteroatoms. The van der Waals surface area contributed by atoms with Crippen LogP contribution in [0.4, 0.5) is 17.6 Å². The highest BCUT2D eigenvalue weighted by Crippen LogP contribution is 2.33. The van der Waals surface area contributed by atoms with Crippen LogP contribution in [0.15, 0.2) is 59.9 Å². The average Bonchev–Trinajstić information content (AvgIpc) is 2.74. The van der Waals surface area contributed by atoms with Gasteiger partial charge in [0, 0.05) is 50.5 Å². The molecule has 2 aromatic rings. The lowest BCUT2D eigenvalue weighted by Gasteiger charge is -2.37. The van der Waals surface area contributed by atoms with Crippen LogP contribution in [-0.4, -0.2) is 47.7 Å². The Morgan fingerprint density at radius 3 is 2.29 bits per heavy atom. The lowest BCUT2D eigenvalue weighted by atomic mass is 10.1. The molecule has 0 bridgehead atoms. The van der Waals surface area contributed by atoms with Gasteiger partial charge in [-0.05, 0) is 24.6 Å². The Bertz CT molecular complexity index is 891. The number of alkyl halides is 3. The number of hydrogen-bond acceptors (Lipinski definition) is 4.